The number of aryl methyl sites for hydroxylation is 2. The summed E-state index contributed by atoms with van der Waals surface area (Å²) in [5.74, 6) is 0.0405. The van der Waals surface area contributed by atoms with Gasteiger partial charge >= 0.3 is 0 Å². The van der Waals surface area contributed by atoms with Crippen molar-refractivity contribution in [3.63, 3.8) is 0 Å². The van der Waals surface area contributed by atoms with Crippen LogP contribution in [0.1, 0.15) is 68.4 Å². The van der Waals surface area contributed by atoms with E-state index in [1.807, 2.05) is 24.3 Å². The molecule has 9 nitrogen and oxygen atoms in total. The summed E-state index contributed by atoms with van der Waals surface area (Å²) >= 11 is 0. The SMILES string of the molecule is CCc1ccc([C@H](C(=O)NC2CCCC2)N(CCOC)C(=O)CCC(=O)Nc2cc(C)on2)cc1. The molecular weight excluding hydrogens is 448 g/mol. The third kappa shape index (κ3) is 7.65. The molecule has 1 aliphatic carbocycles. The summed E-state index contributed by atoms with van der Waals surface area (Å²) in [5.41, 5.74) is 1.89. The maximum Gasteiger partial charge on any atom is 0.247 e. The van der Waals surface area contributed by atoms with Gasteiger partial charge in [-0.3, -0.25) is 14.4 Å². The molecule has 1 aromatic heterocycles. The number of hydrogen-bond donors (Lipinski definition) is 2. The maximum absolute atomic E-state index is 13.5. The van der Waals surface area contributed by atoms with Crippen molar-refractivity contribution >= 4 is 23.5 Å². The predicted octanol–water partition coefficient (Wildman–Crippen LogP) is 3.54. The fraction of sp³-hybridized carbons (Fsp3) is 0.538. The molecule has 9 heteroatoms. The van der Waals surface area contributed by atoms with E-state index < -0.39 is 6.04 Å². The van der Waals surface area contributed by atoms with Gasteiger partial charge in [0.2, 0.25) is 17.7 Å². The predicted molar refractivity (Wildman–Crippen MR) is 132 cm³/mol. The summed E-state index contributed by atoms with van der Waals surface area (Å²) in [4.78, 5) is 40.8. The monoisotopic (exact) mass is 484 g/mol. The number of carbonyl (C=O) groups excluding carboxylic acids is 3. The van der Waals surface area contributed by atoms with Crippen LogP contribution in [0.15, 0.2) is 34.9 Å². The van der Waals surface area contributed by atoms with Crippen LogP contribution in [-0.4, -0.2) is 54.1 Å². The molecule has 1 saturated carbocycles. The first kappa shape index (κ1) is 26.4. The first-order chi connectivity index (χ1) is 16.9. The minimum atomic E-state index is -0.801. The van der Waals surface area contributed by atoms with Crippen molar-refractivity contribution in [3.05, 3.63) is 47.2 Å². The Hall–Kier alpha value is -3.20. The Balaban J connectivity index is 1.77. The number of anilines is 1. The molecule has 0 saturated heterocycles. The Morgan fingerprint density at radius 3 is 2.49 bits per heavy atom. The molecule has 0 bridgehead atoms. The maximum atomic E-state index is 13.5. The van der Waals surface area contributed by atoms with Crippen LogP contribution in [0.4, 0.5) is 5.82 Å². The molecule has 2 aromatic rings. The lowest BCUT2D eigenvalue weighted by Gasteiger charge is -2.32. The van der Waals surface area contributed by atoms with E-state index >= 15 is 0 Å². The number of nitrogens with zero attached hydrogens (tertiary/aromatic N) is 2. The molecular formula is C26H36N4O5. The van der Waals surface area contributed by atoms with Crippen molar-refractivity contribution in [2.24, 2.45) is 0 Å². The van der Waals surface area contributed by atoms with Crippen LogP contribution >= 0.6 is 0 Å². The summed E-state index contributed by atoms with van der Waals surface area (Å²) in [6.45, 7) is 4.30. The number of ether oxygens (including phenoxy) is 1. The number of hydrogen-bond acceptors (Lipinski definition) is 6. The third-order valence-corrected chi connectivity index (χ3v) is 6.28. The number of methoxy groups -OCH3 is 1. The van der Waals surface area contributed by atoms with Crippen molar-refractivity contribution in [2.45, 2.75) is 70.9 Å². The van der Waals surface area contributed by atoms with E-state index in [9.17, 15) is 14.4 Å². The second-order valence-corrected chi connectivity index (χ2v) is 8.94. The molecule has 0 spiro atoms. The van der Waals surface area contributed by atoms with Crippen molar-refractivity contribution in [1.29, 1.82) is 0 Å². The van der Waals surface area contributed by atoms with E-state index in [0.717, 1.165) is 43.2 Å². The molecule has 3 amide bonds. The van der Waals surface area contributed by atoms with Crippen molar-refractivity contribution in [3.8, 4) is 0 Å². The van der Waals surface area contributed by atoms with E-state index in [1.165, 1.54) is 4.90 Å². The number of benzene rings is 1. The first-order valence-electron chi connectivity index (χ1n) is 12.3. The minimum Gasteiger partial charge on any atom is -0.383 e. The van der Waals surface area contributed by atoms with Gasteiger partial charge in [-0.1, -0.05) is 49.2 Å². The van der Waals surface area contributed by atoms with Gasteiger partial charge in [0.25, 0.3) is 0 Å². The van der Waals surface area contributed by atoms with E-state index in [0.29, 0.717) is 11.6 Å². The number of amides is 3. The number of nitrogens with one attached hydrogen (secondary N) is 2. The van der Waals surface area contributed by atoms with Gasteiger partial charge in [0, 0.05) is 38.6 Å². The Morgan fingerprint density at radius 1 is 1.17 bits per heavy atom. The lowest BCUT2D eigenvalue weighted by molar-refractivity contribution is -0.142. The van der Waals surface area contributed by atoms with E-state index in [4.69, 9.17) is 9.26 Å². The molecule has 0 unspecified atom stereocenters. The van der Waals surface area contributed by atoms with Crippen molar-refractivity contribution < 1.29 is 23.6 Å². The van der Waals surface area contributed by atoms with Crippen LogP contribution in [-0.2, 0) is 25.5 Å². The van der Waals surface area contributed by atoms with Crippen LogP contribution in [0.3, 0.4) is 0 Å². The standard InChI is InChI=1S/C26H36N4O5/c1-4-19-9-11-20(12-10-19)25(26(33)27-21-7-5-6-8-21)30(15-16-34-3)24(32)14-13-23(31)28-22-17-18(2)35-29-22/h9-12,17,21,25H,4-8,13-16H2,1-3H3,(H,27,33)(H,28,29,31)/t25-/m1/s1. The molecule has 190 valence electrons. The minimum absolute atomic E-state index is 0.0417. The zero-order valence-corrected chi connectivity index (χ0v) is 20.8. The number of aromatic nitrogens is 1. The fourth-order valence-electron chi connectivity index (χ4n) is 4.34. The molecule has 0 aliphatic heterocycles. The molecule has 1 heterocycles. The molecule has 2 N–H and O–H groups in total. The Morgan fingerprint density at radius 2 is 1.89 bits per heavy atom. The van der Waals surface area contributed by atoms with Crippen LogP contribution in [0.25, 0.3) is 0 Å². The van der Waals surface area contributed by atoms with Gasteiger partial charge < -0.3 is 24.8 Å². The van der Waals surface area contributed by atoms with Gasteiger partial charge in [0.05, 0.1) is 6.61 Å². The van der Waals surface area contributed by atoms with Crippen molar-refractivity contribution in [2.75, 3.05) is 25.6 Å². The average Bonchev–Trinajstić information content (AvgIpc) is 3.51. The fourth-order valence-corrected chi connectivity index (χ4v) is 4.34. The van der Waals surface area contributed by atoms with Crippen LogP contribution in [0.2, 0.25) is 0 Å². The van der Waals surface area contributed by atoms with Gasteiger partial charge in [-0.15, -0.1) is 0 Å². The van der Waals surface area contributed by atoms with E-state index in [1.54, 1.807) is 20.1 Å². The smallest absolute Gasteiger partial charge is 0.247 e. The Bertz CT molecular complexity index is 982. The molecule has 1 fully saturated rings. The first-order valence-corrected chi connectivity index (χ1v) is 12.3. The molecule has 1 aliphatic rings. The van der Waals surface area contributed by atoms with E-state index in [-0.39, 0.29) is 49.8 Å². The quantitative estimate of drug-likeness (QED) is 0.476. The van der Waals surface area contributed by atoms with Crippen molar-refractivity contribution in [1.82, 2.24) is 15.4 Å². The lowest BCUT2D eigenvalue weighted by Crippen LogP contribution is -2.47. The Labute approximate surface area is 206 Å². The summed E-state index contributed by atoms with van der Waals surface area (Å²) < 4.78 is 10.2. The summed E-state index contributed by atoms with van der Waals surface area (Å²) in [5, 5.41) is 9.51. The molecule has 1 atom stereocenters. The molecule has 3 rings (SSSR count). The van der Waals surface area contributed by atoms with Gasteiger partial charge in [-0.2, -0.15) is 0 Å². The zero-order valence-electron chi connectivity index (χ0n) is 20.8. The zero-order chi connectivity index (χ0) is 25.2. The summed E-state index contributed by atoms with van der Waals surface area (Å²) in [6, 6.07) is 8.71. The largest absolute Gasteiger partial charge is 0.383 e. The van der Waals surface area contributed by atoms with Crippen LogP contribution in [0, 0.1) is 6.92 Å². The highest BCUT2D eigenvalue weighted by Gasteiger charge is 2.33. The van der Waals surface area contributed by atoms with Gasteiger partial charge in [0.15, 0.2) is 5.82 Å². The topological polar surface area (TPSA) is 114 Å². The second-order valence-electron chi connectivity index (χ2n) is 8.94. The van der Waals surface area contributed by atoms with Gasteiger partial charge in [-0.25, -0.2) is 0 Å². The highest BCUT2D eigenvalue weighted by Crippen LogP contribution is 2.25. The molecule has 0 radical (unpaired) electrons. The number of rotatable bonds is 12. The van der Waals surface area contributed by atoms with Crippen LogP contribution in [0.5, 0.6) is 0 Å². The second kappa shape index (κ2) is 13.0. The third-order valence-electron chi connectivity index (χ3n) is 6.28. The van der Waals surface area contributed by atoms with E-state index in [2.05, 4.69) is 22.7 Å². The van der Waals surface area contributed by atoms with Crippen LogP contribution < -0.4 is 10.6 Å². The normalized spacial score (nSPS) is 14.5. The highest BCUT2D eigenvalue weighted by atomic mass is 16.5. The van der Waals surface area contributed by atoms with Gasteiger partial charge in [0.1, 0.15) is 11.8 Å². The van der Waals surface area contributed by atoms with Gasteiger partial charge in [-0.05, 0) is 37.3 Å². The Kier molecular flexibility index (Phi) is 9.84. The highest BCUT2D eigenvalue weighted by molar-refractivity contribution is 5.94. The molecule has 35 heavy (non-hydrogen) atoms. The summed E-state index contributed by atoms with van der Waals surface area (Å²) in [6.07, 6.45) is 4.86. The lowest BCUT2D eigenvalue weighted by atomic mass is 10.0. The average molecular weight is 485 g/mol. The summed E-state index contributed by atoms with van der Waals surface area (Å²) in [7, 11) is 1.56. The molecule has 1 aromatic carbocycles. The number of carbonyl (C=O) groups is 3.